The van der Waals surface area contributed by atoms with E-state index in [9.17, 15) is 0 Å². The molecule has 0 fully saturated rings. The highest BCUT2D eigenvalue weighted by Crippen LogP contribution is 2.20. The standard InChI is InChI=1S/C15H26N2/c1-6-15(2,3)17(5)12-14-10-8-7-9-13(14)11-16-4/h7-10,16H,6,11-12H2,1-5H3. The van der Waals surface area contributed by atoms with Gasteiger partial charge in [0.1, 0.15) is 0 Å². The average Bonchev–Trinajstić information content (AvgIpc) is 2.32. The van der Waals surface area contributed by atoms with Gasteiger partial charge in [-0.1, -0.05) is 31.2 Å². The van der Waals surface area contributed by atoms with Crippen molar-refractivity contribution in [3.63, 3.8) is 0 Å². The SMILES string of the molecule is CCC(C)(C)N(C)Cc1ccccc1CNC. The summed E-state index contributed by atoms with van der Waals surface area (Å²) in [6, 6.07) is 8.68. The minimum atomic E-state index is 0.257. The Hall–Kier alpha value is -0.860. The van der Waals surface area contributed by atoms with Crippen LogP contribution < -0.4 is 5.32 Å². The summed E-state index contributed by atoms with van der Waals surface area (Å²) in [5.74, 6) is 0. The quantitative estimate of drug-likeness (QED) is 0.814. The Labute approximate surface area is 106 Å². The predicted molar refractivity (Wildman–Crippen MR) is 75.0 cm³/mol. The first-order chi connectivity index (χ1) is 8.01. The third kappa shape index (κ3) is 3.83. The van der Waals surface area contributed by atoms with E-state index in [1.54, 1.807) is 0 Å². The average molecular weight is 234 g/mol. The molecule has 0 saturated heterocycles. The maximum absolute atomic E-state index is 3.23. The van der Waals surface area contributed by atoms with Gasteiger partial charge in [0, 0.05) is 18.6 Å². The molecule has 0 aliphatic carbocycles. The Bertz CT molecular complexity index is 345. The lowest BCUT2D eigenvalue weighted by molar-refractivity contribution is 0.142. The van der Waals surface area contributed by atoms with E-state index in [-0.39, 0.29) is 5.54 Å². The first kappa shape index (κ1) is 14.2. The first-order valence-corrected chi connectivity index (χ1v) is 6.44. The van der Waals surface area contributed by atoms with Crippen molar-refractivity contribution in [2.75, 3.05) is 14.1 Å². The topological polar surface area (TPSA) is 15.3 Å². The van der Waals surface area contributed by atoms with Crippen molar-refractivity contribution >= 4 is 0 Å². The second-order valence-electron chi connectivity index (χ2n) is 5.32. The molecule has 0 aromatic heterocycles. The van der Waals surface area contributed by atoms with Crippen LogP contribution in [0.4, 0.5) is 0 Å². The van der Waals surface area contributed by atoms with Crippen molar-refractivity contribution in [1.29, 1.82) is 0 Å². The van der Waals surface area contributed by atoms with Crippen molar-refractivity contribution in [2.24, 2.45) is 0 Å². The maximum atomic E-state index is 3.23. The largest absolute Gasteiger partial charge is 0.316 e. The second-order valence-corrected chi connectivity index (χ2v) is 5.32. The highest BCUT2D eigenvalue weighted by Gasteiger charge is 2.21. The third-order valence-corrected chi connectivity index (χ3v) is 3.79. The summed E-state index contributed by atoms with van der Waals surface area (Å²) in [6.07, 6.45) is 1.16. The monoisotopic (exact) mass is 234 g/mol. The van der Waals surface area contributed by atoms with Crippen LogP contribution in [0.5, 0.6) is 0 Å². The Morgan fingerprint density at radius 1 is 1.18 bits per heavy atom. The number of nitrogens with zero attached hydrogens (tertiary/aromatic N) is 1. The summed E-state index contributed by atoms with van der Waals surface area (Å²) < 4.78 is 0. The van der Waals surface area contributed by atoms with Crippen molar-refractivity contribution in [1.82, 2.24) is 10.2 Å². The highest BCUT2D eigenvalue weighted by molar-refractivity contribution is 5.27. The molecule has 0 saturated carbocycles. The molecule has 0 spiro atoms. The van der Waals surface area contributed by atoms with E-state index in [2.05, 4.69) is 62.3 Å². The Balaban J connectivity index is 2.80. The molecule has 1 aromatic carbocycles. The number of nitrogens with one attached hydrogen (secondary N) is 1. The zero-order valence-corrected chi connectivity index (χ0v) is 11.9. The normalized spacial score (nSPS) is 12.1. The van der Waals surface area contributed by atoms with Crippen LogP contribution in [0.25, 0.3) is 0 Å². The Kier molecular flexibility index (Phi) is 5.16. The van der Waals surface area contributed by atoms with Gasteiger partial charge in [0.2, 0.25) is 0 Å². The van der Waals surface area contributed by atoms with E-state index in [1.165, 1.54) is 11.1 Å². The fourth-order valence-electron chi connectivity index (χ4n) is 1.81. The summed E-state index contributed by atoms with van der Waals surface area (Å²) in [5.41, 5.74) is 3.08. The van der Waals surface area contributed by atoms with Gasteiger partial charge in [0.15, 0.2) is 0 Å². The number of benzene rings is 1. The lowest BCUT2D eigenvalue weighted by atomic mass is 9.98. The molecule has 0 aliphatic rings. The molecular weight excluding hydrogens is 208 g/mol. The van der Waals surface area contributed by atoms with Crippen LogP contribution in [0.1, 0.15) is 38.3 Å². The molecule has 96 valence electrons. The van der Waals surface area contributed by atoms with Gasteiger partial charge in [-0.2, -0.15) is 0 Å². The molecule has 0 amide bonds. The van der Waals surface area contributed by atoms with Gasteiger partial charge in [-0.3, -0.25) is 4.90 Å². The molecule has 1 aromatic rings. The van der Waals surface area contributed by atoms with Crippen molar-refractivity contribution in [2.45, 2.75) is 45.8 Å². The van der Waals surface area contributed by atoms with Crippen LogP contribution in [-0.2, 0) is 13.1 Å². The van der Waals surface area contributed by atoms with Crippen LogP contribution in [0.15, 0.2) is 24.3 Å². The van der Waals surface area contributed by atoms with Crippen LogP contribution in [-0.4, -0.2) is 24.5 Å². The number of hydrogen-bond acceptors (Lipinski definition) is 2. The van der Waals surface area contributed by atoms with E-state index in [1.807, 2.05) is 7.05 Å². The van der Waals surface area contributed by atoms with Gasteiger partial charge in [-0.05, 0) is 45.5 Å². The molecule has 0 atom stereocenters. The molecule has 0 bridgehead atoms. The van der Waals surface area contributed by atoms with Crippen LogP contribution >= 0.6 is 0 Å². The third-order valence-electron chi connectivity index (χ3n) is 3.79. The summed E-state index contributed by atoms with van der Waals surface area (Å²) in [5, 5.41) is 3.23. The van der Waals surface area contributed by atoms with E-state index in [0.717, 1.165) is 19.5 Å². The van der Waals surface area contributed by atoms with E-state index in [0.29, 0.717) is 0 Å². The second kappa shape index (κ2) is 6.18. The van der Waals surface area contributed by atoms with Crippen molar-refractivity contribution in [3.05, 3.63) is 35.4 Å². The van der Waals surface area contributed by atoms with Crippen LogP contribution in [0.3, 0.4) is 0 Å². The Morgan fingerprint density at radius 3 is 2.29 bits per heavy atom. The fourth-order valence-corrected chi connectivity index (χ4v) is 1.81. The van der Waals surface area contributed by atoms with Gasteiger partial charge in [-0.25, -0.2) is 0 Å². The molecule has 0 heterocycles. The minimum Gasteiger partial charge on any atom is -0.316 e. The van der Waals surface area contributed by atoms with Gasteiger partial charge in [-0.15, -0.1) is 0 Å². The molecule has 2 nitrogen and oxygen atoms in total. The van der Waals surface area contributed by atoms with Crippen LogP contribution in [0, 0.1) is 0 Å². The van der Waals surface area contributed by atoms with E-state index < -0.39 is 0 Å². The van der Waals surface area contributed by atoms with Crippen molar-refractivity contribution < 1.29 is 0 Å². The number of rotatable bonds is 6. The Morgan fingerprint density at radius 2 is 1.76 bits per heavy atom. The van der Waals surface area contributed by atoms with Gasteiger partial charge < -0.3 is 5.32 Å². The predicted octanol–water partition coefficient (Wildman–Crippen LogP) is 3.03. The molecule has 1 N–H and O–H groups in total. The fraction of sp³-hybridized carbons (Fsp3) is 0.600. The zero-order chi connectivity index (χ0) is 12.9. The van der Waals surface area contributed by atoms with Gasteiger partial charge in [0.25, 0.3) is 0 Å². The molecule has 17 heavy (non-hydrogen) atoms. The molecule has 0 radical (unpaired) electrons. The molecule has 0 unspecified atom stereocenters. The highest BCUT2D eigenvalue weighted by atomic mass is 15.2. The summed E-state index contributed by atoms with van der Waals surface area (Å²) in [7, 11) is 4.20. The lowest BCUT2D eigenvalue weighted by Gasteiger charge is -2.35. The number of hydrogen-bond donors (Lipinski definition) is 1. The van der Waals surface area contributed by atoms with E-state index in [4.69, 9.17) is 0 Å². The molecule has 1 rings (SSSR count). The van der Waals surface area contributed by atoms with E-state index >= 15 is 0 Å². The molecule has 2 heteroatoms. The maximum Gasteiger partial charge on any atom is 0.0239 e. The summed E-state index contributed by atoms with van der Waals surface area (Å²) >= 11 is 0. The van der Waals surface area contributed by atoms with Crippen molar-refractivity contribution in [3.8, 4) is 0 Å². The van der Waals surface area contributed by atoms with Gasteiger partial charge >= 0.3 is 0 Å². The van der Waals surface area contributed by atoms with Gasteiger partial charge in [0.05, 0.1) is 0 Å². The summed E-state index contributed by atoms with van der Waals surface area (Å²) in [6.45, 7) is 8.80. The molecular formula is C15H26N2. The molecule has 0 aliphatic heterocycles. The summed E-state index contributed by atoms with van der Waals surface area (Å²) in [4.78, 5) is 2.43. The lowest BCUT2D eigenvalue weighted by Crippen LogP contribution is -2.40. The zero-order valence-electron chi connectivity index (χ0n) is 11.9. The smallest absolute Gasteiger partial charge is 0.0239 e. The van der Waals surface area contributed by atoms with Crippen LogP contribution in [0.2, 0.25) is 0 Å². The minimum absolute atomic E-state index is 0.257. The first-order valence-electron chi connectivity index (χ1n) is 6.44.